The fourth-order valence-electron chi connectivity index (χ4n) is 3.87. The lowest BCUT2D eigenvalue weighted by atomic mass is 10.1. The van der Waals surface area contributed by atoms with E-state index in [1.54, 1.807) is 0 Å². The summed E-state index contributed by atoms with van der Waals surface area (Å²) in [6.07, 6.45) is -1.48. The standard InChI is InChI=1S/C19H27F3N4O.ClH/c1-14(2)24-7-3-8-25(11-10-24)18(27)15-6-9-26(13-15)16-4-5-17(23-12-16)19(20,21)22;/h4-5,12,14-15H,3,6-11,13H2,1-2H3;1H/t15-;/m0./s1. The SMILES string of the molecule is CC(C)N1CCCN(C(=O)[C@H]2CCN(c3ccc(C(F)(F)F)nc3)C2)CC1.Cl. The second-order valence-corrected chi connectivity index (χ2v) is 7.64. The summed E-state index contributed by atoms with van der Waals surface area (Å²) in [7, 11) is 0. The number of pyridine rings is 1. The highest BCUT2D eigenvalue weighted by atomic mass is 35.5. The molecule has 3 heterocycles. The van der Waals surface area contributed by atoms with Gasteiger partial charge in [0.1, 0.15) is 5.69 Å². The molecule has 2 aliphatic heterocycles. The first-order chi connectivity index (χ1) is 12.8. The van der Waals surface area contributed by atoms with Crippen LogP contribution in [0.1, 0.15) is 32.4 Å². The first-order valence-electron chi connectivity index (χ1n) is 9.56. The van der Waals surface area contributed by atoms with Gasteiger partial charge in [-0.1, -0.05) is 0 Å². The number of carbonyl (C=O) groups is 1. The van der Waals surface area contributed by atoms with Gasteiger partial charge < -0.3 is 9.80 Å². The minimum atomic E-state index is -4.43. The zero-order chi connectivity index (χ0) is 19.6. The van der Waals surface area contributed by atoms with Crippen LogP contribution in [0.4, 0.5) is 18.9 Å². The van der Waals surface area contributed by atoms with Crippen LogP contribution in [0.2, 0.25) is 0 Å². The number of carbonyl (C=O) groups excluding carboxylic acids is 1. The molecule has 0 N–H and O–H groups in total. The molecule has 0 saturated carbocycles. The highest BCUT2D eigenvalue weighted by Crippen LogP contribution is 2.30. The third-order valence-corrected chi connectivity index (χ3v) is 5.51. The number of anilines is 1. The molecule has 0 aliphatic carbocycles. The topological polar surface area (TPSA) is 39.7 Å². The monoisotopic (exact) mass is 420 g/mol. The maximum absolute atomic E-state index is 12.9. The van der Waals surface area contributed by atoms with Crippen molar-refractivity contribution in [2.75, 3.05) is 44.2 Å². The van der Waals surface area contributed by atoms with E-state index in [1.807, 2.05) is 9.80 Å². The van der Waals surface area contributed by atoms with E-state index >= 15 is 0 Å². The van der Waals surface area contributed by atoms with Gasteiger partial charge in [0.2, 0.25) is 5.91 Å². The second-order valence-electron chi connectivity index (χ2n) is 7.64. The summed E-state index contributed by atoms with van der Waals surface area (Å²) in [5.74, 6) is 0.0702. The van der Waals surface area contributed by atoms with E-state index < -0.39 is 11.9 Å². The van der Waals surface area contributed by atoms with Crippen molar-refractivity contribution in [1.29, 1.82) is 0 Å². The first kappa shape index (κ1) is 22.7. The van der Waals surface area contributed by atoms with E-state index in [0.717, 1.165) is 45.1 Å². The van der Waals surface area contributed by atoms with Crippen molar-refractivity contribution in [3.8, 4) is 0 Å². The molecule has 0 radical (unpaired) electrons. The molecule has 2 fully saturated rings. The average molecular weight is 421 g/mol. The number of aromatic nitrogens is 1. The molecule has 28 heavy (non-hydrogen) atoms. The summed E-state index contributed by atoms with van der Waals surface area (Å²) in [6, 6.07) is 2.92. The smallest absolute Gasteiger partial charge is 0.369 e. The number of alkyl halides is 3. The van der Waals surface area contributed by atoms with Crippen LogP contribution in [0.15, 0.2) is 18.3 Å². The van der Waals surface area contributed by atoms with Crippen molar-refractivity contribution in [1.82, 2.24) is 14.8 Å². The molecule has 2 aliphatic rings. The Morgan fingerprint density at radius 1 is 1.14 bits per heavy atom. The van der Waals surface area contributed by atoms with Crippen molar-refractivity contribution >= 4 is 24.0 Å². The van der Waals surface area contributed by atoms with Crippen LogP contribution in [0.3, 0.4) is 0 Å². The van der Waals surface area contributed by atoms with E-state index in [9.17, 15) is 18.0 Å². The minimum Gasteiger partial charge on any atom is -0.369 e. The van der Waals surface area contributed by atoms with Gasteiger partial charge in [0, 0.05) is 45.3 Å². The van der Waals surface area contributed by atoms with Gasteiger partial charge in [-0.2, -0.15) is 13.2 Å². The number of hydrogen-bond acceptors (Lipinski definition) is 4. The maximum atomic E-state index is 12.9. The Kier molecular flexibility index (Phi) is 7.56. The quantitative estimate of drug-likeness (QED) is 0.752. The maximum Gasteiger partial charge on any atom is 0.433 e. The van der Waals surface area contributed by atoms with E-state index in [-0.39, 0.29) is 24.2 Å². The van der Waals surface area contributed by atoms with Gasteiger partial charge in [-0.05, 0) is 38.8 Å². The summed E-state index contributed by atoms with van der Waals surface area (Å²) in [4.78, 5) is 22.7. The Morgan fingerprint density at radius 2 is 1.89 bits per heavy atom. The molecule has 1 amide bonds. The van der Waals surface area contributed by atoms with Crippen LogP contribution >= 0.6 is 12.4 Å². The molecule has 0 bridgehead atoms. The van der Waals surface area contributed by atoms with Gasteiger partial charge in [-0.15, -0.1) is 12.4 Å². The Balaban J connectivity index is 0.00000280. The lowest BCUT2D eigenvalue weighted by Crippen LogP contribution is -2.40. The molecule has 1 atom stereocenters. The van der Waals surface area contributed by atoms with E-state index in [2.05, 4.69) is 23.7 Å². The molecule has 158 valence electrons. The molecule has 2 saturated heterocycles. The highest BCUT2D eigenvalue weighted by Gasteiger charge is 2.34. The third kappa shape index (κ3) is 5.29. The van der Waals surface area contributed by atoms with Gasteiger partial charge in [0.05, 0.1) is 17.8 Å². The van der Waals surface area contributed by atoms with Crippen molar-refractivity contribution in [3.63, 3.8) is 0 Å². The molecule has 0 aromatic carbocycles. The number of nitrogens with zero attached hydrogens (tertiary/aromatic N) is 4. The molecular weight excluding hydrogens is 393 g/mol. The predicted molar refractivity (Wildman–Crippen MR) is 105 cm³/mol. The number of amides is 1. The van der Waals surface area contributed by atoms with Crippen LogP contribution in [0.5, 0.6) is 0 Å². The highest BCUT2D eigenvalue weighted by molar-refractivity contribution is 5.85. The third-order valence-electron chi connectivity index (χ3n) is 5.51. The normalized spacial score (nSPS) is 21.6. The van der Waals surface area contributed by atoms with Gasteiger partial charge in [0.15, 0.2) is 0 Å². The van der Waals surface area contributed by atoms with Gasteiger partial charge in [-0.3, -0.25) is 9.69 Å². The summed E-state index contributed by atoms with van der Waals surface area (Å²) in [6.45, 7) is 8.97. The van der Waals surface area contributed by atoms with Gasteiger partial charge >= 0.3 is 6.18 Å². The zero-order valence-corrected chi connectivity index (χ0v) is 17.1. The number of halogens is 4. The molecule has 5 nitrogen and oxygen atoms in total. The van der Waals surface area contributed by atoms with Crippen molar-refractivity contribution < 1.29 is 18.0 Å². The molecule has 3 rings (SSSR count). The van der Waals surface area contributed by atoms with Crippen LogP contribution in [-0.4, -0.2) is 66.0 Å². The minimum absolute atomic E-state index is 0. The van der Waals surface area contributed by atoms with Crippen molar-refractivity contribution in [3.05, 3.63) is 24.0 Å². The fraction of sp³-hybridized carbons (Fsp3) is 0.684. The average Bonchev–Trinajstić information content (AvgIpc) is 2.98. The lowest BCUT2D eigenvalue weighted by molar-refractivity contribution is -0.141. The zero-order valence-electron chi connectivity index (χ0n) is 16.3. The summed E-state index contributed by atoms with van der Waals surface area (Å²) < 4.78 is 38.0. The molecule has 9 heteroatoms. The summed E-state index contributed by atoms with van der Waals surface area (Å²) >= 11 is 0. The van der Waals surface area contributed by atoms with Crippen LogP contribution < -0.4 is 4.90 Å². The summed E-state index contributed by atoms with van der Waals surface area (Å²) in [5.41, 5.74) is -0.252. The molecule has 0 unspecified atom stereocenters. The van der Waals surface area contributed by atoms with E-state index in [0.29, 0.717) is 24.8 Å². The second kappa shape index (κ2) is 9.31. The van der Waals surface area contributed by atoms with Crippen LogP contribution in [0, 0.1) is 5.92 Å². The van der Waals surface area contributed by atoms with Crippen LogP contribution in [-0.2, 0) is 11.0 Å². The lowest BCUT2D eigenvalue weighted by Gasteiger charge is -2.26. The van der Waals surface area contributed by atoms with Gasteiger partial charge in [-0.25, -0.2) is 4.98 Å². The van der Waals surface area contributed by atoms with Crippen LogP contribution in [0.25, 0.3) is 0 Å². The predicted octanol–water partition coefficient (Wildman–Crippen LogP) is 3.29. The Bertz CT molecular complexity index is 654. The molecule has 1 aromatic heterocycles. The van der Waals surface area contributed by atoms with E-state index in [4.69, 9.17) is 0 Å². The van der Waals surface area contributed by atoms with Crippen molar-refractivity contribution in [2.45, 2.75) is 38.9 Å². The van der Waals surface area contributed by atoms with E-state index in [1.165, 1.54) is 12.3 Å². The number of hydrogen-bond donors (Lipinski definition) is 0. The Hall–Kier alpha value is -1.54. The molecule has 0 spiro atoms. The Morgan fingerprint density at radius 3 is 2.50 bits per heavy atom. The number of rotatable bonds is 3. The summed E-state index contributed by atoms with van der Waals surface area (Å²) in [5, 5.41) is 0. The van der Waals surface area contributed by atoms with Crippen molar-refractivity contribution in [2.24, 2.45) is 5.92 Å². The fourth-order valence-corrected chi connectivity index (χ4v) is 3.87. The molecule has 1 aromatic rings. The first-order valence-corrected chi connectivity index (χ1v) is 9.56. The largest absolute Gasteiger partial charge is 0.433 e. The molecular formula is C19H28ClF3N4O. The Labute approximate surface area is 170 Å². The van der Waals surface area contributed by atoms with Gasteiger partial charge in [0.25, 0.3) is 0 Å².